The van der Waals surface area contributed by atoms with Crippen LogP contribution in [0.25, 0.3) is 0 Å². The maximum Gasteiger partial charge on any atom is 0.193 e. The van der Waals surface area contributed by atoms with Gasteiger partial charge in [-0.3, -0.25) is 4.99 Å². The summed E-state index contributed by atoms with van der Waals surface area (Å²) in [5.41, 5.74) is 0. The van der Waals surface area contributed by atoms with Crippen molar-refractivity contribution in [1.29, 1.82) is 0 Å². The fraction of sp³-hybridized carbons (Fsp3) is 0.947. The monoisotopic (exact) mass is 465 g/mol. The van der Waals surface area contributed by atoms with E-state index in [9.17, 15) is 0 Å². The minimum absolute atomic E-state index is 0. The van der Waals surface area contributed by atoms with E-state index in [4.69, 9.17) is 14.5 Å². The Labute approximate surface area is 170 Å². The Morgan fingerprint density at radius 2 is 1.96 bits per heavy atom. The molecule has 1 aliphatic carbocycles. The predicted octanol–water partition coefficient (Wildman–Crippen LogP) is 3.42. The van der Waals surface area contributed by atoms with Gasteiger partial charge in [0.1, 0.15) is 0 Å². The van der Waals surface area contributed by atoms with E-state index in [0.717, 1.165) is 70.5 Å². The second-order valence-electron chi connectivity index (χ2n) is 7.48. The van der Waals surface area contributed by atoms with Crippen LogP contribution in [0.5, 0.6) is 0 Å². The number of halogens is 1. The summed E-state index contributed by atoms with van der Waals surface area (Å²) in [4.78, 5) is 7.24. The summed E-state index contributed by atoms with van der Waals surface area (Å²) in [5, 5.41) is 3.46. The van der Waals surface area contributed by atoms with Crippen LogP contribution in [0.15, 0.2) is 4.99 Å². The van der Waals surface area contributed by atoms with Crippen molar-refractivity contribution in [1.82, 2.24) is 10.2 Å². The van der Waals surface area contributed by atoms with Crippen molar-refractivity contribution < 1.29 is 9.47 Å². The maximum absolute atomic E-state index is 6.12. The molecule has 1 N–H and O–H groups in total. The molecule has 5 nitrogen and oxygen atoms in total. The van der Waals surface area contributed by atoms with Gasteiger partial charge in [-0.05, 0) is 51.4 Å². The predicted molar refractivity (Wildman–Crippen MR) is 113 cm³/mol. The lowest BCUT2D eigenvalue weighted by atomic mass is 10.1. The molecular weight excluding hydrogens is 429 g/mol. The first-order valence-electron chi connectivity index (χ1n) is 10.1. The Bertz CT molecular complexity index is 390. The first-order valence-corrected chi connectivity index (χ1v) is 10.1. The molecule has 1 saturated carbocycles. The highest BCUT2D eigenvalue weighted by Crippen LogP contribution is 2.32. The lowest BCUT2D eigenvalue weighted by Gasteiger charge is -2.35. The summed E-state index contributed by atoms with van der Waals surface area (Å²) in [6, 6.07) is 0. The van der Waals surface area contributed by atoms with E-state index in [1.807, 2.05) is 0 Å². The van der Waals surface area contributed by atoms with E-state index in [1.165, 1.54) is 32.1 Å². The Balaban J connectivity index is 0.00000225. The second kappa shape index (κ2) is 11.6. The number of hydrogen-bond acceptors (Lipinski definition) is 3. The van der Waals surface area contributed by atoms with E-state index in [1.54, 1.807) is 0 Å². The van der Waals surface area contributed by atoms with Crippen LogP contribution in [0.4, 0.5) is 0 Å². The van der Waals surface area contributed by atoms with Gasteiger partial charge in [0.05, 0.1) is 18.8 Å². The topological polar surface area (TPSA) is 46.1 Å². The molecular formula is C19H36IN3O2. The Kier molecular flexibility index (Phi) is 9.84. The number of likely N-dealkylation sites (tertiary alicyclic amines) is 1. The van der Waals surface area contributed by atoms with Crippen molar-refractivity contribution in [3.05, 3.63) is 0 Å². The molecule has 3 fully saturated rings. The molecule has 0 spiro atoms. The molecule has 0 amide bonds. The van der Waals surface area contributed by atoms with Crippen molar-refractivity contribution in [3.8, 4) is 0 Å². The molecule has 1 unspecified atom stereocenters. The van der Waals surface area contributed by atoms with Gasteiger partial charge in [0.15, 0.2) is 5.96 Å². The molecule has 2 saturated heterocycles. The summed E-state index contributed by atoms with van der Waals surface area (Å²) in [7, 11) is 0. The van der Waals surface area contributed by atoms with Crippen LogP contribution in [0.2, 0.25) is 0 Å². The zero-order valence-electron chi connectivity index (χ0n) is 15.8. The van der Waals surface area contributed by atoms with Crippen LogP contribution in [-0.4, -0.2) is 62.5 Å². The highest BCUT2D eigenvalue weighted by molar-refractivity contribution is 14.0. The van der Waals surface area contributed by atoms with Gasteiger partial charge < -0.3 is 19.7 Å². The molecule has 2 heterocycles. The lowest BCUT2D eigenvalue weighted by molar-refractivity contribution is -0.0721. The Morgan fingerprint density at radius 1 is 1.16 bits per heavy atom. The van der Waals surface area contributed by atoms with Crippen LogP contribution in [0.1, 0.15) is 58.3 Å². The van der Waals surface area contributed by atoms with Gasteiger partial charge in [-0.2, -0.15) is 0 Å². The Morgan fingerprint density at radius 3 is 2.60 bits per heavy atom. The normalized spacial score (nSPS) is 25.6. The van der Waals surface area contributed by atoms with Crippen LogP contribution in [0, 0.1) is 5.92 Å². The second-order valence-corrected chi connectivity index (χ2v) is 7.48. The third-order valence-corrected chi connectivity index (χ3v) is 5.36. The van der Waals surface area contributed by atoms with Crippen molar-refractivity contribution in [3.63, 3.8) is 0 Å². The molecule has 3 aliphatic rings. The van der Waals surface area contributed by atoms with Gasteiger partial charge in [-0.15, -0.1) is 24.0 Å². The largest absolute Gasteiger partial charge is 0.376 e. The number of piperidine rings is 1. The molecule has 146 valence electrons. The minimum Gasteiger partial charge on any atom is -0.376 e. The third-order valence-electron chi connectivity index (χ3n) is 5.36. The highest BCUT2D eigenvalue weighted by Gasteiger charge is 2.24. The quantitative estimate of drug-likeness (QED) is 0.356. The van der Waals surface area contributed by atoms with Gasteiger partial charge in [0.25, 0.3) is 0 Å². The molecule has 0 bridgehead atoms. The lowest BCUT2D eigenvalue weighted by Crippen LogP contribution is -2.47. The zero-order valence-corrected chi connectivity index (χ0v) is 18.1. The number of rotatable bonds is 7. The van der Waals surface area contributed by atoms with Crippen LogP contribution in [-0.2, 0) is 9.47 Å². The molecule has 0 aromatic carbocycles. The number of ether oxygens (including phenoxy) is 2. The van der Waals surface area contributed by atoms with E-state index < -0.39 is 0 Å². The fourth-order valence-corrected chi connectivity index (χ4v) is 3.60. The maximum atomic E-state index is 6.12. The van der Waals surface area contributed by atoms with E-state index in [0.29, 0.717) is 12.2 Å². The molecule has 1 atom stereocenters. The minimum atomic E-state index is 0. The van der Waals surface area contributed by atoms with Crippen LogP contribution < -0.4 is 5.32 Å². The summed E-state index contributed by atoms with van der Waals surface area (Å²) < 4.78 is 11.9. The van der Waals surface area contributed by atoms with Crippen molar-refractivity contribution in [2.45, 2.75) is 70.5 Å². The molecule has 2 aliphatic heterocycles. The summed E-state index contributed by atoms with van der Waals surface area (Å²) in [6.07, 6.45) is 10.7. The van der Waals surface area contributed by atoms with Crippen molar-refractivity contribution >= 4 is 29.9 Å². The molecule has 0 aromatic rings. The first kappa shape index (κ1) is 21.2. The molecule has 6 heteroatoms. The average molecular weight is 465 g/mol. The van der Waals surface area contributed by atoms with Crippen LogP contribution in [0.3, 0.4) is 0 Å². The van der Waals surface area contributed by atoms with E-state index in [-0.39, 0.29) is 24.0 Å². The number of guanidine groups is 1. The van der Waals surface area contributed by atoms with E-state index >= 15 is 0 Å². The standard InChI is InChI=1S/C19H35N3O2.HI/c1-2-20-19(21-11-8-16-6-7-16)22-12-9-17(10-13-22)24-15-18-5-3-4-14-23-18;/h16-18H,2-15H2,1H3,(H,20,21);1H. The van der Waals surface area contributed by atoms with Crippen LogP contribution >= 0.6 is 24.0 Å². The smallest absolute Gasteiger partial charge is 0.193 e. The molecule has 3 rings (SSSR count). The highest BCUT2D eigenvalue weighted by atomic mass is 127. The van der Waals surface area contributed by atoms with E-state index in [2.05, 4.69) is 17.1 Å². The fourth-order valence-electron chi connectivity index (χ4n) is 3.60. The van der Waals surface area contributed by atoms with Gasteiger partial charge in [0, 0.05) is 32.8 Å². The van der Waals surface area contributed by atoms with Crippen molar-refractivity contribution in [2.24, 2.45) is 10.9 Å². The molecule has 25 heavy (non-hydrogen) atoms. The molecule has 0 radical (unpaired) electrons. The first-order chi connectivity index (χ1) is 11.8. The number of hydrogen-bond donors (Lipinski definition) is 1. The molecule has 0 aromatic heterocycles. The SMILES string of the molecule is CCNC(=NCCC1CC1)N1CCC(OCC2CCCCO2)CC1.I. The summed E-state index contributed by atoms with van der Waals surface area (Å²) in [5.74, 6) is 2.06. The van der Waals surface area contributed by atoms with Gasteiger partial charge in [-0.1, -0.05) is 12.8 Å². The summed E-state index contributed by atoms with van der Waals surface area (Å²) >= 11 is 0. The average Bonchev–Trinajstić information content (AvgIpc) is 3.45. The third kappa shape index (κ3) is 7.59. The van der Waals surface area contributed by atoms with Crippen molar-refractivity contribution in [2.75, 3.05) is 39.4 Å². The Hall–Kier alpha value is -0.0800. The van der Waals surface area contributed by atoms with Gasteiger partial charge >= 0.3 is 0 Å². The number of nitrogens with zero attached hydrogens (tertiary/aromatic N) is 2. The number of aliphatic imine (C=N–C) groups is 1. The van der Waals surface area contributed by atoms with Gasteiger partial charge in [-0.25, -0.2) is 0 Å². The zero-order chi connectivity index (χ0) is 16.6. The van der Waals surface area contributed by atoms with Gasteiger partial charge in [0.2, 0.25) is 0 Å². The number of nitrogens with one attached hydrogen (secondary N) is 1. The summed E-state index contributed by atoms with van der Waals surface area (Å²) in [6.45, 7) is 7.85.